The largest absolute Gasteiger partial charge is 0.726 e. The first-order valence-corrected chi connectivity index (χ1v) is 11.2. The number of nitrogens with zero attached hydrogens (tertiary/aromatic N) is 2. The summed E-state index contributed by atoms with van der Waals surface area (Å²) < 4.78 is 32.8. The van der Waals surface area contributed by atoms with Crippen LogP contribution in [0.1, 0.15) is 51.4 Å². The van der Waals surface area contributed by atoms with Crippen molar-refractivity contribution in [2.24, 2.45) is 28.9 Å². The SMILES string of the molecule is N#C[C@@H]1C[C@@H]2C[C@@H]2N1C(=O)[C@@H](N)C12CC3CC(CC(O)(C3)C1)C2.O=S(=O)([O-])O. The van der Waals surface area contributed by atoms with Crippen LogP contribution in [-0.4, -0.2) is 57.2 Å². The van der Waals surface area contributed by atoms with E-state index in [2.05, 4.69) is 6.07 Å². The lowest BCUT2D eigenvalue weighted by atomic mass is 9.46. The number of nitriles is 1. The molecule has 9 nitrogen and oxygen atoms in total. The molecule has 0 aromatic heterocycles. The Morgan fingerprint density at radius 1 is 1.21 bits per heavy atom. The molecule has 2 unspecified atom stereocenters. The van der Waals surface area contributed by atoms with Crippen molar-refractivity contribution in [2.75, 3.05) is 0 Å². The van der Waals surface area contributed by atoms with Crippen LogP contribution in [0.5, 0.6) is 0 Å². The molecule has 1 aliphatic heterocycles. The standard InChI is InChI=1S/C18H25N3O2.H2O4S/c19-8-13-2-12-3-14(12)21(13)16(22)15(20)17-4-10-1-11(5-17)7-18(23,6-10)9-17;1-5(2,3)4/h10-15,23H,1-7,9,20H2;(H2,1,2,3,4)/p-1/t10?,11?,12-,13+,14+,15-,17?,18?;/m1./s1. The number of aliphatic hydroxyl groups is 1. The number of fused-ring (bicyclic) bond motifs is 1. The van der Waals surface area contributed by atoms with E-state index in [1.54, 1.807) is 4.90 Å². The van der Waals surface area contributed by atoms with E-state index >= 15 is 0 Å². The van der Waals surface area contributed by atoms with Crippen molar-refractivity contribution in [3.05, 3.63) is 0 Å². The summed E-state index contributed by atoms with van der Waals surface area (Å²) in [4.78, 5) is 14.9. The third-order valence-corrected chi connectivity index (χ3v) is 7.51. The van der Waals surface area contributed by atoms with Gasteiger partial charge in [0.1, 0.15) is 6.04 Å². The molecule has 0 spiro atoms. The minimum atomic E-state index is -4.92. The third-order valence-electron chi connectivity index (χ3n) is 7.51. The van der Waals surface area contributed by atoms with E-state index in [0.717, 1.165) is 38.5 Å². The molecule has 1 saturated heterocycles. The molecule has 1 heterocycles. The van der Waals surface area contributed by atoms with E-state index in [1.807, 2.05) is 0 Å². The Kier molecular flexibility index (Phi) is 4.56. The topological polar surface area (TPSA) is 168 Å². The van der Waals surface area contributed by atoms with Gasteiger partial charge in [-0.2, -0.15) is 5.26 Å². The lowest BCUT2D eigenvalue weighted by Gasteiger charge is -2.61. The molecule has 0 aromatic carbocycles. The molecule has 1 amide bonds. The molecule has 6 fully saturated rings. The molecule has 10 heteroatoms. The first-order valence-electron chi connectivity index (χ1n) is 9.81. The molecule has 5 aliphatic carbocycles. The van der Waals surface area contributed by atoms with Gasteiger partial charge in [-0.1, -0.05) is 0 Å². The van der Waals surface area contributed by atoms with Gasteiger partial charge in [0.05, 0.1) is 17.7 Å². The van der Waals surface area contributed by atoms with Crippen molar-refractivity contribution in [1.82, 2.24) is 4.90 Å². The zero-order chi connectivity index (χ0) is 20.5. The fourth-order valence-electron chi connectivity index (χ4n) is 6.96. The van der Waals surface area contributed by atoms with E-state index in [0.29, 0.717) is 24.2 Å². The molecule has 4 bridgehead atoms. The van der Waals surface area contributed by atoms with Gasteiger partial charge < -0.3 is 20.3 Å². The van der Waals surface area contributed by atoms with Crippen LogP contribution in [0.4, 0.5) is 0 Å². The summed E-state index contributed by atoms with van der Waals surface area (Å²) in [5.41, 5.74) is 5.71. The number of nitrogens with two attached hydrogens (primary N) is 1. The summed E-state index contributed by atoms with van der Waals surface area (Å²) >= 11 is 0. The highest BCUT2D eigenvalue weighted by molar-refractivity contribution is 7.79. The van der Waals surface area contributed by atoms with Gasteiger partial charge in [-0.25, -0.2) is 8.42 Å². The number of carbonyl (C=O) groups excluding carboxylic acids is 1. The van der Waals surface area contributed by atoms with E-state index in [9.17, 15) is 15.2 Å². The summed E-state index contributed by atoms with van der Waals surface area (Å²) in [5.74, 6) is 1.56. The van der Waals surface area contributed by atoms with Gasteiger partial charge in [0.15, 0.2) is 0 Å². The molecule has 6 atom stereocenters. The number of rotatable bonds is 2. The predicted molar refractivity (Wildman–Crippen MR) is 95.1 cm³/mol. The maximum Gasteiger partial charge on any atom is 0.241 e. The Balaban J connectivity index is 0.000000346. The van der Waals surface area contributed by atoms with Crippen LogP contribution in [0.15, 0.2) is 0 Å². The first-order chi connectivity index (χ1) is 12.9. The van der Waals surface area contributed by atoms with Crippen LogP contribution in [0.25, 0.3) is 0 Å². The molecule has 6 aliphatic rings. The second kappa shape index (κ2) is 6.37. The average Bonchev–Trinajstić information content (AvgIpc) is 3.20. The summed E-state index contributed by atoms with van der Waals surface area (Å²) in [7, 11) is -4.92. The Morgan fingerprint density at radius 3 is 2.29 bits per heavy atom. The maximum atomic E-state index is 13.1. The first kappa shape index (κ1) is 20.0. The van der Waals surface area contributed by atoms with Crippen LogP contribution in [0, 0.1) is 34.5 Å². The molecular weight excluding hydrogens is 386 g/mol. The smallest absolute Gasteiger partial charge is 0.241 e. The Hall–Kier alpha value is -1.25. The second-order valence-electron chi connectivity index (χ2n) is 9.64. The van der Waals surface area contributed by atoms with Crippen molar-refractivity contribution < 1.29 is 27.4 Å². The number of carbonyl (C=O) groups is 1. The van der Waals surface area contributed by atoms with Gasteiger partial charge >= 0.3 is 0 Å². The summed E-state index contributed by atoms with van der Waals surface area (Å²) in [5, 5.41) is 20.2. The number of amides is 1. The van der Waals surface area contributed by atoms with Crippen LogP contribution in [-0.2, 0) is 15.2 Å². The molecule has 6 rings (SSSR count). The zero-order valence-corrected chi connectivity index (χ0v) is 16.3. The summed E-state index contributed by atoms with van der Waals surface area (Å²) in [6.45, 7) is 0. The van der Waals surface area contributed by atoms with E-state index in [4.69, 9.17) is 23.3 Å². The quantitative estimate of drug-likeness (QED) is 0.426. The van der Waals surface area contributed by atoms with Crippen molar-refractivity contribution >= 4 is 16.3 Å². The highest BCUT2D eigenvalue weighted by Gasteiger charge is 2.62. The number of piperidine rings is 1. The fourth-order valence-corrected chi connectivity index (χ4v) is 6.96. The average molecular weight is 412 g/mol. The Labute approximate surface area is 164 Å². The normalized spacial score (nSPS) is 46.2. The van der Waals surface area contributed by atoms with Crippen molar-refractivity contribution in [3.63, 3.8) is 0 Å². The number of hydrogen-bond donors (Lipinski definition) is 3. The monoisotopic (exact) mass is 412 g/mol. The number of hydrogen-bond acceptors (Lipinski definition) is 7. The molecule has 156 valence electrons. The minimum Gasteiger partial charge on any atom is -0.726 e. The van der Waals surface area contributed by atoms with Gasteiger partial charge in [0.2, 0.25) is 16.3 Å². The Bertz CT molecular complexity index is 802. The van der Waals surface area contributed by atoms with Crippen LogP contribution >= 0.6 is 0 Å². The van der Waals surface area contributed by atoms with E-state index < -0.39 is 22.0 Å². The fraction of sp³-hybridized carbons (Fsp3) is 0.889. The molecule has 0 radical (unpaired) electrons. The molecule has 0 aromatic rings. The predicted octanol–water partition coefficient (Wildman–Crippen LogP) is 0.163. The highest BCUT2D eigenvalue weighted by Crippen LogP contribution is 2.63. The van der Waals surface area contributed by atoms with Gasteiger partial charge in [0.25, 0.3) is 0 Å². The summed E-state index contributed by atoms with van der Waals surface area (Å²) in [6.07, 6.45) is 7.48. The molecular formula is C18H26N3O6S-. The van der Waals surface area contributed by atoms with E-state index in [-0.39, 0.29) is 23.4 Å². The Morgan fingerprint density at radius 2 is 1.79 bits per heavy atom. The van der Waals surface area contributed by atoms with Crippen molar-refractivity contribution in [3.8, 4) is 6.07 Å². The molecule has 4 N–H and O–H groups in total. The maximum absolute atomic E-state index is 13.1. The lowest BCUT2D eigenvalue weighted by Crippen LogP contribution is -2.64. The zero-order valence-electron chi connectivity index (χ0n) is 15.5. The minimum absolute atomic E-state index is 0.0212. The van der Waals surface area contributed by atoms with Crippen LogP contribution < -0.4 is 5.73 Å². The second-order valence-corrected chi connectivity index (χ2v) is 10.5. The summed E-state index contributed by atoms with van der Waals surface area (Å²) in [6, 6.07) is 1.72. The molecule has 28 heavy (non-hydrogen) atoms. The number of likely N-dealkylation sites (tertiary alicyclic amines) is 1. The van der Waals surface area contributed by atoms with Gasteiger partial charge in [-0.3, -0.25) is 9.35 Å². The molecule has 5 saturated carbocycles. The van der Waals surface area contributed by atoms with Crippen LogP contribution in [0.2, 0.25) is 0 Å². The highest BCUT2D eigenvalue weighted by atomic mass is 32.3. The van der Waals surface area contributed by atoms with E-state index in [1.165, 1.54) is 6.42 Å². The van der Waals surface area contributed by atoms with Crippen molar-refractivity contribution in [1.29, 1.82) is 5.26 Å². The van der Waals surface area contributed by atoms with Gasteiger partial charge in [-0.05, 0) is 74.5 Å². The van der Waals surface area contributed by atoms with Gasteiger partial charge in [-0.15, -0.1) is 0 Å². The third kappa shape index (κ3) is 3.55. The lowest BCUT2D eigenvalue weighted by molar-refractivity contribution is -0.177. The van der Waals surface area contributed by atoms with Crippen LogP contribution in [0.3, 0.4) is 0 Å². The van der Waals surface area contributed by atoms with Gasteiger partial charge in [0, 0.05) is 6.04 Å². The van der Waals surface area contributed by atoms with Crippen molar-refractivity contribution in [2.45, 2.75) is 75.1 Å².